The number of fused-ring (bicyclic) bond motifs is 1. The van der Waals surface area contributed by atoms with Crippen LogP contribution in [0.2, 0.25) is 0 Å². The fourth-order valence-corrected chi connectivity index (χ4v) is 4.23. The summed E-state index contributed by atoms with van der Waals surface area (Å²) in [4.78, 5) is 22.7. The van der Waals surface area contributed by atoms with E-state index in [0.717, 1.165) is 22.1 Å². The number of amides is 1. The van der Waals surface area contributed by atoms with Crippen LogP contribution in [0, 0.1) is 0 Å². The van der Waals surface area contributed by atoms with E-state index in [1.807, 2.05) is 78.6 Å². The maximum atomic E-state index is 11.7. The highest BCUT2D eigenvalue weighted by Gasteiger charge is 2.25. The van der Waals surface area contributed by atoms with Gasteiger partial charge in [-0.05, 0) is 42.8 Å². The number of nitrogens with one attached hydrogen (secondary N) is 1. The average Bonchev–Trinajstić information content (AvgIpc) is 3.31. The molecule has 5 aromatic rings. The summed E-state index contributed by atoms with van der Waals surface area (Å²) in [5.41, 5.74) is 4.31. The molecule has 2 heterocycles. The molecule has 0 atom stereocenters. The van der Waals surface area contributed by atoms with E-state index in [-0.39, 0.29) is 11.7 Å². The van der Waals surface area contributed by atoms with Crippen molar-refractivity contribution < 1.29 is 14.3 Å². The summed E-state index contributed by atoms with van der Waals surface area (Å²) in [5.74, 6) is 1.15. The van der Waals surface area contributed by atoms with Crippen molar-refractivity contribution in [2.45, 2.75) is 6.92 Å². The van der Waals surface area contributed by atoms with Crippen LogP contribution in [-0.2, 0) is 4.79 Å². The highest BCUT2D eigenvalue weighted by molar-refractivity contribution is 6.07. The first kappa shape index (κ1) is 22.9. The fraction of sp³-hybridized carbons (Fsp3) is 0.0690. The molecule has 7 nitrogen and oxygen atoms in total. The van der Waals surface area contributed by atoms with Crippen LogP contribution in [-0.4, -0.2) is 27.5 Å². The third-order valence-corrected chi connectivity index (χ3v) is 5.88. The Kier molecular flexibility index (Phi) is 6.19. The van der Waals surface area contributed by atoms with Crippen molar-refractivity contribution in [3.63, 3.8) is 0 Å². The minimum Gasteiger partial charge on any atom is -0.506 e. The zero-order valence-electron chi connectivity index (χ0n) is 19.7. The second-order valence-electron chi connectivity index (χ2n) is 8.05. The van der Waals surface area contributed by atoms with Crippen molar-refractivity contribution >= 4 is 34.2 Å². The van der Waals surface area contributed by atoms with Crippen LogP contribution >= 0.6 is 0 Å². The number of carbonyl (C=O) groups excluding carboxylic acids is 1. The van der Waals surface area contributed by atoms with Gasteiger partial charge >= 0.3 is 0 Å². The smallest absolute Gasteiger partial charge is 0.247 e. The van der Waals surface area contributed by atoms with Crippen molar-refractivity contribution in [2.24, 2.45) is 0 Å². The van der Waals surface area contributed by atoms with E-state index < -0.39 is 0 Å². The predicted molar refractivity (Wildman–Crippen MR) is 142 cm³/mol. The largest absolute Gasteiger partial charge is 0.506 e. The lowest BCUT2D eigenvalue weighted by atomic mass is 9.98. The molecule has 0 fully saturated rings. The minimum absolute atomic E-state index is 0.154. The molecule has 0 aliphatic heterocycles. The van der Waals surface area contributed by atoms with Crippen molar-refractivity contribution in [1.82, 2.24) is 9.97 Å². The topological polar surface area (TPSA) is 91.5 Å². The summed E-state index contributed by atoms with van der Waals surface area (Å²) in [6.45, 7) is 6.05. The minimum atomic E-state index is -0.279. The van der Waals surface area contributed by atoms with Crippen LogP contribution in [0.4, 0.5) is 17.2 Å². The molecular weight excluding hydrogens is 452 g/mol. The number of furan rings is 1. The van der Waals surface area contributed by atoms with E-state index in [4.69, 9.17) is 4.42 Å². The third kappa shape index (κ3) is 4.18. The summed E-state index contributed by atoms with van der Waals surface area (Å²) >= 11 is 0. The number of carbonyl (C=O) groups is 1. The molecule has 0 unspecified atom stereocenters. The number of aromatic nitrogens is 2. The molecule has 7 heteroatoms. The third-order valence-electron chi connectivity index (χ3n) is 5.88. The summed E-state index contributed by atoms with van der Waals surface area (Å²) in [6, 6.07) is 24.5. The number of aromatic hydroxyl groups is 1. The zero-order chi connectivity index (χ0) is 25.1. The van der Waals surface area contributed by atoms with Crippen LogP contribution in [0.3, 0.4) is 0 Å². The maximum Gasteiger partial charge on any atom is 0.247 e. The fourth-order valence-electron chi connectivity index (χ4n) is 4.23. The summed E-state index contributed by atoms with van der Waals surface area (Å²) in [7, 11) is 0. The Balaban J connectivity index is 1.75. The number of phenols is 1. The van der Waals surface area contributed by atoms with Gasteiger partial charge in [-0.1, -0.05) is 61.2 Å². The van der Waals surface area contributed by atoms with Gasteiger partial charge in [0.1, 0.15) is 23.7 Å². The van der Waals surface area contributed by atoms with Crippen LogP contribution in [0.1, 0.15) is 6.92 Å². The standard InChI is InChI=1S/C29H24N4O3/c1-3-24(35)32-21-16-14-19(15-17-21)25-26-28(33(4-2)22-12-8-9-13-23(22)34)30-18-31-29(26)36-27(25)20-10-6-5-7-11-20/h3,5-18,34H,1,4H2,2H3,(H,32,35). The van der Waals surface area contributed by atoms with Crippen molar-refractivity contribution in [3.8, 4) is 28.2 Å². The Labute approximate surface area is 208 Å². The maximum absolute atomic E-state index is 11.7. The van der Waals surface area contributed by atoms with Gasteiger partial charge in [-0.3, -0.25) is 4.79 Å². The van der Waals surface area contributed by atoms with Gasteiger partial charge in [0.15, 0.2) is 0 Å². The summed E-state index contributed by atoms with van der Waals surface area (Å²) in [5, 5.41) is 14.1. The lowest BCUT2D eigenvalue weighted by Gasteiger charge is -2.23. The lowest BCUT2D eigenvalue weighted by Crippen LogP contribution is -2.18. The number of nitrogens with zero attached hydrogens (tertiary/aromatic N) is 3. The van der Waals surface area contributed by atoms with E-state index in [9.17, 15) is 9.90 Å². The molecule has 3 aromatic carbocycles. The number of hydrogen-bond acceptors (Lipinski definition) is 6. The molecule has 2 N–H and O–H groups in total. The van der Waals surface area contributed by atoms with Crippen LogP contribution in [0.5, 0.6) is 5.75 Å². The van der Waals surface area contributed by atoms with Gasteiger partial charge in [0, 0.05) is 23.4 Å². The second-order valence-corrected chi connectivity index (χ2v) is 8.05. The highest BCUT2D eigenvalue weighted by Crippen LogP contribution is 2.45. The molecule has 36 heavy (non-hydrogen) atoms. The van der Waals surface area contributed by atoms with E-state index in [2.05, 4.69) is 21.9 Å². The number of anilines is 3. The molecule has 0 saturated carbocycles. The molecule has 0 saturated heterocycles. The van der Waals surface area contributed by atoms with Gasteiger partial charge in [0.2, 0.25) is 11.6 Å². The highest BCUT2D eigenvalue weighted by atomic mass is 16.3. The van der Waals surface area contributed by atoms with Crippen molar-refractivity contribution in [1.29, 1.82) is 0 Å². The number of phenolic OH excluding ortho intramolecular Hbond substituents is 1. The quantitative estimate of drug-likeness (QED) is 0.259. The molecular formula is C29H24N4O3. The molecule has 0 bridgehead atoms. The Morgan fingerprint density at radius 1 is 1.00 bits per heavy atom. The average molecular weight is 477 g/mol. The lowest BCUT2D eigenvalue weighted by molar-refractivity contribution is -0.111. The molecule has 0 aliphatic carbocycles. The zero-order valence-corrected chi connectivity index (χ0v) is 19.7. The summed E-state index contributed by atoms with van der Waals surface area (Å²) in [6.07, 6.45) is 2.70. The van der Waals surface area contributed by atoms with E-state index in [1.165, 1.54) is 12.4 Å². The molecule has 0 aliphatic rings. The Morgan fingerprint density at radius 3 is 2.42 bits per heavy atom. The van der Waals surface area contributed by atoms with Crippen molar-refractivity contribution in [2.75, 3.05) is 16.8 Å². The van der Waals surface area contributed by atoms with Crippen LogP contribution in [0.15, 0.2) is 102 Å². The first-order valence-electron chi connectivity index (χ1n) is 11.5. The number of hydrogen-bond donors (Lipinski definition) is 2. The summed E-state index contributed by atoms with van der Waals surface area (Å²) < 4.78 is 6.33. The number of benzene rings is 3. The second kappa shape index (κ2) is 9.76. The van der Waals surface area contributed by atoms with Crippen LogP contribution in [0.25, 0.3) is 33.6 Å². The first-order chi connectivity index (χ1) is 17.6. The first-order valence-corrected chi connectivity index (χ1v) is 11.5. The number of rotatable bonds is 7. The number of para-hydroxylation sites is 2. The normalized spacial score (nSPS) is 10.8. The molecule has 0 radical (unpaired) electrons. The van der Waals surface area contributed by atoms with Crippen LogP contribution < -0.4 is 10.2 Å². The Hall–Kier alpha value is -4.91. The molecule has 5 rings (SSSR count). The van der Waals surface area contributed by atoms with E-state index >= 15 is 0 Å². The van der Waals surface area contributed by atoms with Gasteiger partial charge in [-0.15, -0.1) is 0 Å². The molecule has 2 aromatic heterocycles. The Morgan fingerprint density at radius 2 is 1.72 bits per heavy atom. The van der Waals surface area contributed by atoms with E-state index in [1.54, 1.807) is 12.1 Å². The van der Waals surface area contributed by atoms with Gasteiger partial charge < -0.3 is 19.7 Å². The van der Waals surface area contributed by atoms with Crippen molar-refractivity contribution in [3.05, 3.63) is 97.8 Å². The SMILES string of the molecule is C=CC(=O)Nc1ccc(-c2c(-c3ccccc3)oc3ncnc(N(CC)c4ccccc4O)c23)cc1. The molecule has 1 amide bonds. The van der Waals surface area contributed by atoms with E-state index in [0.29, 0.717) is 35.2 Å². The monoisotopic (exact) mass is 476 g/mol. The Bertz CT molecular complexity index is 1540. The van der Waals surface area contributed by atoms with Gasteiger partial charge in [0.05, 0.1) is 11.1 Å². The van der Waals surface area contributed by atoms with Gasteiger partial charge in [-0.25, -0.2) is 9.97 Å². The van der Waals surface area contributed by atoms with Gasteiger partial charge in [0.25, 0.3) is 0 Å². The predicted octanol–water partition coefficient (Wildman–Crippen LogP) is 6.54. The van der Waals surface area contributed by atoms with Gasteiger partial charge in [-0.2, -0.15) is 0 Å². The molecule has 178 valence electrons. The molecule has 0 spiro atoms.